The molecule has 0 aliphatic carbocycles. The summed E-state index contributed by atoms with van der Waals surface area (Å²) in [4.78, 5) is 2.13. The number of anilines is 1. The number of amidine groups is 1. The standard InChI is InChI=1S/C11H19N5/c1-3-7-16(8-4-2)11-9(10(12)13)5-6-14-15-11/h5-6H,3-4,7-8H2,1-2H3,(H3,12,13). The van der Waals surface area contributed by atoms with Crippen molar-refractivity contribution in [2.24, 2.45) is 5.73 Å². The van der Waals surface area contributed by atoms with Gasteiger partial charge < -0.3 is 10.6 Å². The lowest BCUT2D eigenvalue weighted by molar-refractivity contribution is 0.725. The zero-order valence-corrected chi connectivity index (χ0v) is 9.90. The van der Waals surface area contributed by atoms with Gasteiger partial charge in [0.2, 0.25) is 0 Å². The van der Waals surface area contributed by atoms with Crippen molar-refractivity contribution in [2.75, 3.05) is 18.0 Å². The molecule has 5 nitrogen and oxygen atoms in total. The molecule has 0 bridgehead atoms. The third-order valence-electron chi connectivity index (χ3n) is 2.28. The summed E-state index contributed by atoms with van der Waals surface area (Å²) in [5, 5.41) is 15.5. The molecular weight excluding hydrogens is 202 g/mol. The summed E-state index contributed by atoms with van der Waals surface area (Å²) in [6.45, 7) is 6.05. The van der Waals surface area contributed by atoms with Gasteiger partial charge >= 0.3 is 0 Å². The fraction of sp³-hybridized carbons (Fsp3) is 0.545. The molecule has 5 heteroatoms. The summed E-state index contributed by atoms with van der Waals surface area (Å²) in [7, 11) is 0. The third-order valence-corrected chi connectivity index (χ3v) is 2.28. The van der Waals surface area contributed by atoms with Gasteiger partial charge in [0.15, 0.2) is 5.82 Å². The molecule has 0 aliphatic rings. The molecule has 88 valence electrons. The Balaban J connectivity index is 3.02. The number of hydrogen-bond donors (Lipinski definition) is 2. The predicted molar refractivity (Wildman–Crippen MR) is 65.8 cm³/mol. The van der Waals surface area contributed by atoms with Crippen molar-refractivity contribution >= 4 is 11.7 Å². The fourth-order valence-corrected chi connectivity index (χ4v) is 1.63. The van der Waals surface area contributed by atoms with Gasteiger partial charge in [-0.3, -0.25) is 5.41 Å². The van der Waals surface area contributed by atoms with E-state index in [1.54, 1.807) is 12.3 Å². The van der Waals surface area contributed by atoms with Crippen LogP contribution in [0, 0.1) is 5.41 Å². The molecule has 0 fully saturated rings. The van der Waals surface area contributed by atoms with Crippen LogP contribution in [0.1, 0.15) is 32.3 Å². The van der Waals surface area contributed by atoms with Crippen molar-refractivity contribution in [3.05, 3.63) is 17.8 Å². The molecule has 1 rings (SSSR count). The third kappa shape index (κ3) is 2.92. The van der Waals surface area contributed by atoms with Gasteiger partial charge in [-0.15, -0.1) is 5.10 Å². The van der Waals surface area contributed by atoms with Crippen LogP contribution in [0.4, 0.5) is 5.82 Å². The fourth-order valence-electron chi connectivity index (χ4n) is 1.63. The molecule has 0 spiro atoms. The second kappa shape index (κ2) is 6.05. The van der Waals surface area contributed by atoms with Crippen molar-refractivity contribution in [1.29, 1.82) is 5.41 Å². The van der Waals surface area contributed by atoms with E-state index < -0.39 is 0 Å². The first-order chi connectivity index (χ1) is 7.70. The molecule has 0 unspecified atom stereocenters. The van der Waals surface area contributed by atoms with Gasteiger partial charge in [0, 0.05) is 13.1 Å². The highest BCUT2D eigenvalue weighted by molar-refractivity contribution is 5.99. The van der Waals surface area contributed by atoms with Gasteiger partial charge in [-0.2, -0.15) is 5.10 Å². The number of aromatic nitrogens is 2. The van der Waals surface area contributed by atoms with Crippen molar-refractivity contribution in [2.45, 2.75) is 26.7 Å². The van der Waals surface area contributed by atoms with E-state index in [1.165, 1.54) is 0 Å². The smallest absolute Gasteiger partial charge is 0.162 e. The molecule has 0 aromatic carbocycles. The predicted octanol–water partition coefficient (Wildman–Crippen LogP) is 1.39. The van der Waals surface area contributed by atoms with Gasteiger partial charge in [0.05, 0.1) is 11.8 Å². The van der Waals surface area contributed by atoms with Gasteiger partial charge in [-0.1, -0.05) is 13.8 Å². The van der Waals surface area contributed by atoms with Crippen LogP contribution in [0.3, 0.4) is 0 Å². The molecule has 3 N–H and O–H groups in total. The zero-order valence-electron chi connectivity index (χ0n) is 9.90. The quantitative estimate of drug-likeness (QED) is 0.562. The van der Waals surface area contributed by atoms with Crippen LogP contribution in [-0.4, -0.2) is 29.1 Å². The van der Waals surface area contributed by atoms with Crippen molar-refractivity contribution in [1.82, 2.24) is 10.2 Å². The second-order valence-corrected chi connectivity index (χ2v) is 3.67. The van der Waals surface area contributed by atoms with Crippen molar-refractivity contribution in [3.8, 4) is 0 Å². The zero-order chi connectivity index (χ0) is 12.0. The second-order valence-electron chi connectivity index (χ2n) is 3.67. The van der Waals surface area contributed by atoms with Gasteiger partial charge in [-0.05, 0) is 18.9 Å². The number of rotatable bonds is 6. The highest BCUT2D eigenvalue weighted by atomic mass is 15.3. The minimum atomic E-state index is 0.0436. The molecule has 0 radical (unpaired) electrons. The molecule has 1 heterocycles. The number of nitrogen functional groups attached to an aromatic ring is 1. The van der Waals surface area contributed by atoms with E-state index in [4.69, 9.17) is 11.1 Å². The Morgan fingerprint density at radius 3 is 2.50 bits per heavy atom. The number of nitrogens with zero attached hydrogens (tertiary/aromatic N) is 3. The molecular formula is C11H19N5. The lowest BCUT2D eigenvalue weighted by Gasteiger charge is -2.23. The molecule has 0 saturated heterocycles. The van der Waals surface area contributed by atoms with Crippen LogP contribution in [0.5, 0.6) is 0 Å². The minimum Gasteiger partial charge on any atom is -0.384 e. The van der Waals surface area contributed by atoms with E-state index in [2.05, 4.69) is 28.9 Å². The Morgan fingerprint density at radius 1 is 1.38 bits per heavy atom. The van der Waals surface area contributed by atoms with E-state index in [-0.39, 0.29) is 5.84 Å². The Hall–Kier alpha value is -1.65. The first kappa shape index (κ1) is 12.4. The van der Waals surface area contributed by atoms with Crippen molar-refractivity contribution < 1.29 is 0 Å². The van der Waals surface area contributed by atoms with Crippen LogP contribution in [0.25, 0.3) is 0 Å². The maximum absolute atomic E-state index is 7.52. The molecule has 16 heavy (non-hydrogen) atoms. The van der Waals surface area contributed by atoms with Crippen LogP contribution in [-0.2, 0) is 0 Å². The van der Waals surface area contributed by atoms with Crippen LogP contribution in [0.15, 0.2) is 12.3 Å². The normalized spacial score (nSPS) is 10.1. The summed E-state index contributed by atoms with van der Waals surface area (Å²) >= 11 is 0. The largest absolute Gasteiger partial charge is 0.384 e. The lowest BCUT2D eigenvalue weighted by Crippen LogP contribution is -2.29. The van der Waals surface area contributed by atoms with Gasteiger partial charge in [0.1, 0.15) is 5.84 Å². The highest BCUT2D eigenvalue weighted by Gasteiger charge is 2.13. The molecule has 0 aliphatic heterocycles. The summed E-state index contributed by atoms with van der Waals surface area (Å²) in [5.74, 6) is 0.765. The highest BCUT2D eigenvalue weighted by Crippen LogP contribution is 2.16. The maximum Gasteiger partial charge on any atom is 0.162 e. The lowest BCUT2D eigenvalue weighted by atomic mass is 10.2. The first-order valence-corrected chi connectivity index (χ1v) is 5.61. The maximum atomic E-state index is 7.52. The molecule has 1 aromatic rings. The van der Waals surface area contributed by atoms with Gasteiger partial charge in [-0.25, -0.2) is 0 Å². The van der Waals surface area contributed by atoms with Crippen LogP contribution < -0.4 is 10.6 Å². The summed E-state index contributed by atoms with van der Waals surface area (Å²) in [5.41, 5.74) is 6.20. The molecule has 0 saturated carbocycles. The Morgan fingerprint density at radius 2 is 2.00 bits per heavy atom. The Labute approximate surface area is 96.2 Å². The van der Waals surface area contributed by atoms with E-state index in [1.807, 2.05) is 0 Å². The van der Waals surface area contributed by atoms with Crippen LogP contribution >= 0.6 is 0 Å². The monoisotopic (exact) mass is 221 g/mol. The Bertz CT molecular complexity index is 344. The average molecular weight is 221 g/mol. The average Bonchev–Trinajstić information content (AvgIpc) is 2.29. The molecule has 0 atom stereocenters. The molecule has 0 amide bonds. The van der Waals surface area contributed by atoms with Crippen LogP contribution in [0.2, 0.25) is 0 Å². The number of hydrogen-bond acceptors (Lipinski definition) is 4. The molecule has 1 aromatic heterocycles. The van der Waals surface area contributed by atoms with E-state index in [0.717, 1.165) is 31.7 Å². The van der Waals surface area contributed by atoms with E-state index >= 15 is 0 Å². The van der Waals surface area contributed by atoms with Gasteiger partial charge in [0.25, 0.3) is 0 Å². The van der Waals surface area contributed by atoms with Crippen molar-refractivity contribution in [3.63, 3.8) is 0 Å². The van der Waals surface area contributed by atoms with E-state index in [9.17, 15) is 0 Å². The van der Waals surface area contributed by atoms with E-state index in [0.29, 0.717) is 5.56 Å². The summed E-state index contributed by atoms with van der Waals surface area (Å²) in [6, 6.07) is 1.74. The number of nitrogens with one attached hydrogen (secondary N) is 1. The summed E-state index contributed by atoms with van der Waals surface area (Å²) < 4.78 is 0. The summed E-state index contributed by atoms with van der Waals surface area (Å²) in [6.07, 6.45) is 3.64. The minimum absolute atomic E-state index is 0.0436. The first-order valence-electron chi connectivity index (χ1n) is 5.61. The number of nitrogens with two attached hydrogens (primary N) is 1. The topological polar surface area (TPSA) is 78.9 Å². The Kier molecular flexibility index (Phi) is 4.69. The SMILES string of the molecule is CCCN(CCC)c1nnccc1C(=N)N.